The van der Waals surface area contributed by atoms with Gasteiger partial charge in [-0.05, 0) is 36.0 Å². The molecule has 330 valence electrons. The molecule has 3 aromatic carbocycles. The fourth-order valence-corrected chi connectivity index (χ4v) is 9.44. The summed E-state index contributed by atoms with van der Waals surface area (Å²) >= 11 is 0. The highest BCUT2D eigenvalue weighted by Crippen LogP contribution is 2.57. The van der Waals surface area contributed by atoms with E-state index in [2.05, 4.69) is 0 Å². The van der Waals surface area contributed by atoms with E-state index < -0.39 is 77.3 Å². The average Bonchev–Trinajstić information content (AvgIpc) is 3.20. The van der Waals surface area contributed by atoms with Crippen LogP contribution < -0.4 is 0 Å². The van der Waals surface area contributed by atoms with Gasteiger partial charge in [0.25, 0.3) is 0 Å². The number of hydrogen-bond acceptors (Lipinski definition) is 15. The number of esters is 3. The Morgan fingerprint density at radius 1 is 0.450 bits per heavy atom. The summed E-state index contributed by atoms with van der Waals surface area (Å²) < 4.78 is 97.6. The van der Waals surface area contributed by atoms with Crippen molar-refractivity contribution >= 4 is 40.7 Å². The molecule has 3 aromatic rings. The molecule has 0 aliphatic heterocycles. The van der Waals surface area contributed by atoms with Crippen LogP contribution in [0.2, 0.25) is 0 Å². The maximum absolute atomic E-state index is 15.1. The first-order valence-electron chi connectivity index (χ1n) is 20.0. The molecular weight excluding hydrogens is 837 g/mol. The molecule has 0 radical (unpaired) electrons. The summed E-state index contributed by atoms with van der Waals surface area (Å²) in [5.74, 6) is -2.37. The van der Waals surface area contributed by atoms with Gasteiger partial charge in [-0.3, -0.25) is 41.6 Å². The van der Waals surface area contributed by atoms with Crippen molar-refractivity contribution in [3.63, 3.8) is 0 Å². The van der Waals surface area contributed by atoms with Gasteiger partial charge in [-0.2, -0.15) is 0 Å². The number of benzene rings is 3. The number of rotatable bonds is 24. The molecule has 0 heterocycles. The fraction of sp³-hybridized carbons (Fsp3) is 0.500. The molecule has 1 fully saturated rings. The molecule has 60 heavy (non-hydrogen) atoms. The van der Waals surface area contributed by atoms with E-state index in [1.807, 2.05) is 0 Å². The molecule has 0 bridgehead atoms. The van der Waals surface area contributed by atoms with Crippen molar-refractivity contribution in [2.45, 2.75) is 116 Å². The topological polar surface area (TPSA) is 185 Å². The zero-order valence-corrected chi connectivity index (χ0v) is 37.6. The summed E-state index contributed by atoms with van der Waals surface area (Å²) in [4.78, 5) is 40.5. The maximum Gasteiger partial charge on any atom is 0.475 e. The lowest BCUT2D eigenvalue weighted by Gasteiger charge is -2.49. The van der Waals surface area contributed by atoms with E-state index in [9.17, 15) is 23.5 Å². The minimum atomic E-state index is -4.85. The van der Waals surface area contributed by atoms with Crippen molar-refractivity contribution in [1.82, 2.24) is 0 Å². The quantitative estimate of drug-likeness (QED) is 0.0470. The highest BCUT2D eigenvalue weighted by Gasteiger charge is 2.62. The van der Waals surface area contributed by atoms with Crippen LogP contribution in [-0.4, -0.2) is 74.5 Å². The lowest BCUT2D eigenvalue weighted by atomic mass is 9.84. The molecule has 0 aromatic heterocycles. The second-order valence-electron chi connectivity index (χ2n) is 14.6. The van der Waals surface area contributed by atoms with E-state index in [0.29, 0.717) is 36.0 Å². The Kier molecular flexibility index (Phi) is 19.4. The lowest BCUT2D eigenvalue weighted by Crippen LogP contribution is -2.67. The highest BCUT2D eigenvalue weighted by atomic mass is 31.2. The molecule has 1 saturated carbocycles. The third-order valence-corrected chi connectivity index (χ3v) is 12.2. The number of carbonyl (C=O) groups excluding carboxylic acids is 3. The van der Waals surface area contributed by atoms with E-state index in [4.69, 9.17) is 41.4 Å². The van der Waals surface area contributed by atoms with Crippen LogP contribution in [-0.2, 0) is 89.3 Å². The average molecular weight is 895 g/mol. The van der Waals surface area contributed by atoms with E-state index in [-0.39, 0.29) is 39.1 Å². The second-order valence-corrected chi connectivity index (χ2v) is 20.9. The van der Waals surface area contributed by atoms with E-state index >= 15 is 4.57 Å². The van der Waals surface area contributed by atoms with Crippen molar-refractivity contribution in [1.29, 1.82) is 0 Å². The van der Waals surface area contributed by atoms with E-state index in [1.54, 1.807) is 112 Å². The first-order valence-corrected chi connectivity index (χ1v) is 25.9. The third kappa shape index (κ3) is 16.1. The predicted molar refractivity (Wildman–Crippen MR) is 223 cm³/mol. The molecule has 0 saturated heterocycles. The van der Waals surface area contributed by atoms with Gasteiger partial charge in [-0.25, -0.2) is 4.57 Å². The zero-order valence-electron chi connectivity index (χ0n) is 35.0. The summed E-state index contributed by atoms with van der Waals surface area (Å²) in [5.41, 5.74) is 1.84. The van der Waals surface area contributed by atoms with Crippen LogP contribution in [0.3, 0.4) is 0 Å². The SMILES string of the molecule is CCCC(=O)OC1C(OP(C)(C)=O)C(OC(=O)CCC)C(OP(=O)(OCc2ccccc2)OCc2ccccc2)C(OC(=O)CCC)C1OP(C)(=O)OCc1ccccc1. The van der Waals surface area contributed by atoms with Gasteiger partial charge in [0.15, 0.2) is 25.7 Å². The first-order chi connectivity index (χ1) is 28.5. The van der Waals surface area contributed by atoms with Crippen molar-refractivity contribution in [2.24, 2.45) is 0 Å². The summed E-state index contributed by atoms with van der Waals surface area (Å²) in [5, 5.41) is 0. The predicted octanol–water partition coefficient (Wildman–Crippen LogP) is 9.41. The summed E-state index contributed by atoms with van der Waals surface area (Å²) in [6.45, 7) is 8.22. The van der Waals surface area contributed by atoms with Gasteiger partial charge in [0.05, 0.1) is 19.8 Å². The minimum Gasteiger partial charge on any atom is -0.456 e. The molecule has 0 spiro atoms. The van der Waals surface area contributed by atoms with Crippen LogP contribution in [0.25, 0.3) is 0 Å². The van der Waals surface area contributed by atoms with Crippen molar-refractivity contribution < 1.29 is 69.4 Å². The number of phosphoric ester groups is 1. The molecule has 7 atom stereocenters. The van der Waals surface area contributed by atoms with Crippen LogP contribution in [0.4, 0.5) is 0 Å². The first kappa shape index (κ1) is 49.2. The molecule has 1 aliphatic carbocycles. The monoisotopic (exact) mass is 894 g/mol. The van der Waals surface area contributed by atoms with Gasteiger partial charge in [0, 0.05) is 39.3 Å². The molecule has 4 rings (SSSR count). The molecule has 0 N–H and O–H groups in total. The molecule has 18 heteroatoms. The molecule has 0 amide bonds. The Morgan fingerprint density at radius 2 is 0.767 bits per heavy atom. The Hall–Kier alpha value is -3.48. The summed E-state index contributed by atoms with van der Waals surface area (Å²) in [6, 6.07) is 26.3. The van der Waals surface area contributed by atoms with Gasteiger partial charge in [-0.1, -0.05) is 112 Å². The minimum absolute atomic E-state index is 0.101. The number of carbonyl (C=O) groups is 3. The largest absolute Gasteiger partial charge is 0.475 e. The highest BCUT2D eigenvalue weighted by molar-refractivity contribution is 7.57. The number of ether oxygens (including phenoxy) is 3. The van der Waals surface area contributed by atoms with Gasteiger partial charge < -0.3 is 23.3 Å². The standard InChI is InChI=1S/C42H57O15P3/c1-7-19-34(43)52-37-40(55-58(4,5)46)38(53-35(44)20-8-2)42(57-60(48,50-29-32-24-15-11-16-25-32)51-30-33-26-17-12-18-27-33)39(54-36(45)21-9-3)41(37)56-59(6,47)49-28-31-22-13-10-14-23-31/h10-18,22-27,37-42H,7-9,19-21,28-30H2,1-6H3. The van der Waals surface area contributed by atoms with Gasteiger partial charge in [-0.15, -0.1) is 0 Å². The Labute approximate surface area is 352 Å². The maximum atomic E-state index is 15.1. The Bertz CT molecular complexity index is 1900. The van der Waals surface area contributed by atoms with Crippen molar-refractivity contribution in [3.8, 4) is 0 Å². The number of hydrogen-bond donors (Lipinski definition) is 0. The Balaban J connectivity index is 1.93. The smallest absolute Gasteiger partial charge is 0.456 e. The lowest BCUT2D eigenvalue weighted by molar-refractivity contribution is -0.237. The van der Waals surface area contributed by atoms with Crippen molar-refractivity contribution in [3.05, 3.63) is 108 Å². The molecule has 7 unspecified atom stereocenters. The molecular formula is C42H57O15P3. The zero-order chi connectivity index (χ0) is 43.8. The van der Waals surface area contributed by atoms with Crippen LogP contribution >= 0.6 is 22.8 Å². The van der Waals surface area contributed by atoms with Gasteiger partial charge in [0.2, 0.25) is 0 Å². The number of phosphoric acid groups is 1. The van der Waals surface area contributed by atoms with Gasteiger partial charge in [0.1, 0.15) is 18.3 Å². The third-order valence-electron chi connectivity index (χ3n) is 8.82. The summed E-state index contributed by atoms with van der Waals surface area (Å²) in [6.07, 6.45) is -10.0. The summed E-state index contributed by atoms with van der Waals surface area (Å²) in [7, 11) is -12.7. The van der Waals surface area contributed by atoms with E-state index in [0.717, 1.165) is 0 Å². The molecule has 1 aliphatic rings. The van der Waals surface area contributed by atoms with Crippen LogP contribution in [0, 0.1) is 0 Å². The van der Waals surface area contributed by atoms with Crippen LogP contribution in [0.15, 0.2) is 91.0 Å². The van der Waals surface area contributed by atoms with Gasteiger partial charge >= 0.3 is 33.3 Å². The van der Waals surface area contributed by atoms with E-state index in [1.165, 1.54) is 20.0 Å². The second kappa shape index (κ2) is 23.7. The fourth-order valence-electron chi connectivity index (χ4n) is 6.14. The van der Waals surface area contributed by atoms with Crippen molar-refractivity contribution in [2.75, 3.05) is 20.0 Å². The normalized spacial score (nSPS) is 21.7. The molecule has 15 nitrogen and oxygen atoms in total. The Morgan fingerprint density at radius 3 is 1.10 bits per heavy atom. The van der Waals surface area contributed by atoms with Crippen LogP contribution in [0.5, 0.6) is 0 Å². The van der Waals surface area contributed by atoms with Crippen LogP contribution in [0.1, 0.15) is 76.0 Å².